The zero-order valence-electron chi connectivity index (χ0n) is 11.2. The van der Waals surface area contributed by atoms with Gasteiger partial charge in [-0.2, -0.15) is 5.10 Å². The fourth-order valence-electron chi connectivity index (χ4n) is 1.64. The van der Waals surface area contributed by atoms with Gasteiger partial charge in [-0.15, -0.1) is 11.3 Å². The summed E-state index contributed by atoms with van der Waals surface area (Å²) in [6.45, 7) is 2.34. The van der Waals surface area contributed by atoms with Gasteiger partial charge >= 0.3 is 5.97 Å². The van der Waals surface area contributed by atoms with Crippen molar-refractivity contribution >= 4 is 28.2 Å². The van der Waals surface area contributed by atoms with Crippen molar-refractivity contribution in [2.24, 2.45) is 0 Å². The molecule has 0 saturated carbocycles. The van der Waals surface area contributed by atoms with Gasteiger partial charge in [0.15, 0.2) is 0 Å². The van der Waals surface area contributed by atoms with Gasteiger partial charge < -0.3 is 10.4 Å². The lowest BCUT2D eigenvalue weighted by Gasteiger charge is -2.05. The molecule has 2 rings (SSSR count). The Labute approximate surface area is 123 Å². The first kappa shape index (κ1) is 14.9. The lowest BCUT2D eigenvalue weighted by atomic mass is 10.3. The number of hydrogen-bond acceptors (Lipinski definition) is 5. The Morgan fingerprint density at radius 3 is 2.71 bits per heavy atom. The summed E-state index contributed by atoms with van der Waals surface area (Å²) >= 11 is 0.954. The number of aryl methyl sites for hydroxylation is 1. The first-order chi connectivity index (χ1) is 10.0. The molecule has 0 radical (unpaired) electrons. The highest BCUT2D eigenvalue weighted by atomic mass is 32.1. The molecule has 7 nitrogen and oxygen atoms in total. The van der Waals surface area contributed by atoms with E-state index in [2.05, 4.69) is 10.4 Å². The van der Waals surface area contributed by atoms with Crippen LogP contribution in [0.25, 0.3) is 0 Å². The molecule has 2 N–H and O–H groups in total. The Morgan fingerprint density at radius 1 is 1.33 bits per heavy atom. The average molecular weight is 307 g/mol. The van der Waals surface area contributed by atoms with Gasteiger partial charge in [0.05, 0.1) is 5.00 Å². The molecular formula is C13H13N3O4S. The van der Waals surface area contributed by atoms with Crippen LogP contribution in [0.2, 0.25) is 0 Å². The van der Waals surface area contributed by atoms with Crippen LogP contribution in [0, 0.1) is 0 Å². The number of amides is 1. The van der Waals surface area contributed by atoms with E-state index in [0.29, 0.717) is 11.5 Å². The van der Waals surface area contributed by atoms with Crippen LogP contribution in [0.4, 0.5) is 5.00 Å². The van der Waals surface area contributed by atoms with E-state index in [1.54, 1.807) is 0 Å². The van der Waals surface area contributed by atoms with Crippen molar-refractivity contribution in [3.63, 3.8) is 0 Å². The number of aromatic nitrogens is 2. The summed E-state index contributed by atoms with van der Waals surface area (Å²) in [5.41, 5.74) is -0.161. The lowest BCUT2D eigenvalue weighted by Crippen LogP contribution is -2.25. The standard InChI is InChI=1S/C13H13N3O4S/c1-2-7-16-11(17)6-3-8(15-16)12(18)14-10-5-4-9(21-10)13(19)20/h3-6H,2,7H2,1H3,(H,14,18)(H,19,20). The molecule has 0 bridgehead atoms. The average Bonchev–Trinajstić information content (AvgIpc) is 2.90. The molecule has 0 aliphatic heterocycles. The normalized spacial score (nSPS) is 10.3. The van der Waals surface area contributed by atoms with E-state index in [1.165, 1.54) is 28.9 Å². The van der Waals surface area contributed by atoms with Gasteiger partial charge in [0.2, 0.25) is 0 Å². The third kappa shape index (κ3) is 3.54. The number of anilines is 1. The van der Waals surface area contributed by atoms with Gasteiger partial charge in [-0.3, -0.25) is 9.59 Å². The molecule has 2 aromatic heterocycles. The molecule has 0 fully saturated rings. The van der Waals surface area contributed by atoms with Gasteiger partial charge in [-0.05, 0) is 24.6 Å². The van der Waals surface area contributed by atoms with Gasteiger partial charge in [0.25, 0.3) is 11.5 Å². The number of carbonyl (C=O) groups is 2. The number of nitrogens with one attached hydrogen (secondary N) is 1. The molecule has 0 unspecified atom stereocenters. The number of carbonyl (C=O) groups excluding carboxylic acids is 1. The van der Waals surface area contributed by atoms with Crippen LogP contribution in [0.5, 0.6) is 0 Å². The van der Waals surface area contributed by atoms with Gasteiger partial charge in [0.1, 0.15) is 10.6 Å². The maximum atomic E-state index is 12.0. The van der Waals surface area contributed by atoms with Crippen molar-refractivity contribution in [3.8, 4) is 0 Å². The molecule has 0 aliphatic carbocycles. The second-order valence-electron chi connectivity index (χ2n) is 4.20. The van der Waals surface area contributed by atoms with E-state index in [1.807, 2.05) is 6.92 Å². The highest BCUT2D eigenvalue weighted by Gasteiger charge is 2.13. The monoisotopic (exact) mass is 307 g/mol. The van der Waals surface area contributed by atoms with E-state index in [-0.39, 0.29) is 16.1 Å². The largest absolute Gasteiger partial charge is 0.477 e. The topological polar surface area (TPSA) is 101 Å². The third-order valence-electron chi connectivity index (χ3n) is 2.59. The minimum atomic E-state index is -1.05. The molecule has 0 spiro atoms. The quantitative estimate of drug-likeness (QED) is 0.875. The number of aromatic carboxylic acids is 1. The summed E-state index contributed by atoms with van der Waals surface area (Å²) < 4.78 is 1.23. The summed E-state index contributed by atoms with van der Waals surface area (Å²) in [6.07, 6.45) is 0.727. The van der Waals surface area contributed by atoms with Crippen LogP contribution < -0.4 is 10.9 Å². The van der Waals surface area contributed by atoms with Crippen molar-refractivity contribution < 1.29 is 14.7 Å². The molecule has 2 heterocycles. The van der Waals surface area contributed by atoms with Crippen LogP contribution in [-0.2, 0) is 6.54 Å². The Morgan fingerprint density at radius 2 is 2.10 bits per heavy atom. The first-order valence-corrected chi connectivity index (χ1v) is 7.05. The summed E-state index contributed by atoms with van der Waals surface area (Å²) in [7, 11) is 0. The number of nitrogens with zero attached hydrogens (tertiary/aromatic N) is 2. The Hall–Kier alpha value is -2.48. The molecule has 2 aromatic rings. The number of rotatable bonds is 5. The minimum absolute atomic E-state index is 0.105. The molecule has 21 heavy (non-hydrogen) atoms. The van der Waals surface area contributed by atoms with E-state index in [0.717, 1.165) is 17.8 Å². The van der Waals surface area contributed by atoms with Crippen LogP contribution in [-0.4, -0.2) is 26.8 Å². The second-order valence-corrected chi connectivity index (χ2v) is 5.29. The first-order valence-electron chi connectivity index (χ1n) is 6.24. The Kier molecular flexibility index (Phi) is 4.49. The fourth-order valence-corrected chi connectivity index (χ4v) is 2.38. The summed E-state index contributed by atoms with van der Waals surface area (Å²) in [6, 6.07) is 5.55. The summed E-state index contributed by atoms with van der Waals surface area (Å²) in [5.74, 6) is -1.53. The molecule has 0 saturated heterocycles. The number of carboxylic acids is 1. The van der Waals surface area contributed by atoms with Gasteiger partial charge in [-0.1, -0.05) is 6.92 Å². The van der Waals surface area contributed by atoms with Crippen LogP contribution >= 0.6 is 11.3 Å². The van der Waals surface area contributed by atoms with Crippen molar-refractivity contribution in [2.75, 3.05) is 5.32 Å². The summed E-state index contributed by atoms with van der Waals surface area (Å²) in [5, 5.41) is 15.8. The third-order valence-corrected chi connectivity index (χ3v) is 3.58. The molecule has 0 aromatic carbocycles. The predicted octanol–water partition coefficient (Wildman–Crippen LogP) is 1.67. The molecule has 1 amide bonds. The fraction of sp³-hybridized carbons (Fsp3) is 0.231. The van der Waals surface area contributed by atoms with Crippen LogP contribution in [0.3, 0.4) is 0 Å². The highest BCUT2D eigenvalue weighted by molar-refractivity contribution is 7.18. The zero-order chi connectivity index (χ0) is 15.4. The molecule has 110 valence electrons. The zero-order valence-corrected chi connectivity index (χ0v) is 12.0. The Balaban J connectivity index is 2.17. The molecule has 8 heteroatoms. The smallest absolute Gasteiger partial charge is 0.345 e. The highest BCUT2D eigenvalue weighted by Crippen LogP contribution is 2.22. The van der Waals surface area contributed by atoms with E-state index >= 15 is 0 Å². The van der Waals surface area contributed by atoms with Crippen molar-refractivity contribution in [3.05, 3.63) is 45.2 Å². The van der Waals surface area contributed by atoms with Crippen molar-refractivity contribution in [1.29, 1.82) is 0 Å². The van der Waals surface area contributed by atoms with Crippen LogP contribution in [0.1, 0.15) is 33.5 Å². The molecule has 0 aliphatic rings. The maximum Gasteiger partial charge on any atom is 0.345 e. The molecular weight excluding hydrogens is 294 g/mol. The Bertz CT molecular complexity index is 735. The van der Waals surface area contributed by atoms with Crippen molar-refractivity contribution in [2.45, 2.75) is 19.9 Å². The number of thiophene rings is 1. The molecule has 0 atom stereocenters. The lowest BCUT2D eigenvalue weighted by molar-refractivity contribution is 0.0702. The van der Waals surface area contributed by atoms with Gasteiger partial charge in [-0.25, -0.2) is 9.48 Å². The number of hydrogen-bond donors (Lipinski definition) is 2. The van der Waals surface area contributed by atoms with E-state index in [9.17, 15) is 14.4 Å². The second kappa shape index (κ2) is 6.31. The summed E-state index contributed by atoms with van der Waals surface area (Å²) in [4.78, 5) is 34.5. The predicted molar refractivity (Wildman–Crippen MR) is 78.0 cm³/mol. The number of carboxylic acid groups (broad SMARTS) is 1. The van der Waals surface area contributed by atoms with Crippen LogP contribution in [0.15, 0.2) is 29.1 Å². The van der Waals surface area contributed by atoms with E-state index < -0.39 is 11.9 Å². The minimum Gasteiger partial charge on any atom is -0.477 e. The van der Waals surface area contributed by atoms with E-state index in [4.69, 9.17) is 5.11 Å². The van der Waals surface area contributed by atoms with Gasteiger partial charge in [0, 0.05) is 12.6 Å². The van der Waals surface area contributed by atoms with Crippen molar-refractivity contribution in [1.82, 2.24) is 9.78 Å². The SMILES string of the molecule is CCCn1nc(C(=O)Nc2ccc(C(=O)O)s2)ccc1=O. The maximum absolute atomic E-state index is 12.0.